The van der Waals surface area contributed by atoms with E-state index in [4.69, 9.17) is 9.47 Å². The highest BCUT2D eigenvalue weighted by Crippen LogP contribution is 2.44. The summed E-state index contributed by atoms with van der Waals surface area (Å²) >= 11 is 1.27. The number of hydrogen-bond donors (Lipinski definition) is 1. The van der Waals surface area contributed by atoms with Crippen molar-refractivity contribution in [2.75, 3.05) is 18.6 Å². The average Bonchev–Trinajstić information content (AvgIpc) is 3.48. The second-order valence-electron chi connectivity index (χ2n) is 8.45. The van der Waals surface area contributed by atoms with Crippen molar-refractivity contribution in [3.63, 3.8) is 0 Å². The normalized spacial score (nSPS) is 15.4. The van der Waals surface area contributed by atoms with Gasteiger partial charge in [0.15, 0.2) is 16.7 Å². The van der Waals surface area contributed by atoms with E-state index in [0.29, 0.717) is 34.3 Å². The van der Waals surface area contributed by atoms with Gasteiger partial charge in [0.1, 0.15) is 18.1 Å². The summed E-state index contributed by atoms with van der Waals surface area (Å²) in [5.41, 5.74) is 2.06. The molecule has 1 amide bonds. The number of benzene rings is 3. The Morgan fingerprint density at radius 2 is 1.92 bits per heavy atom. The van der Waals surface area contributed by atoms with Gasteiger partial charge in [-0.2, -0.15) is 0 Å². The van der Waals surface area contributed by atoms with Crippen molar-refractivity contribution < 1.29 is 24.2 Å². The van der Waals surface area contributed by atoms with Crippen LogP contribution in [0.25, 0.3) is 16.3 Å². The zero-order chi connectivity index (χ0) is 26.6. The van der Waals surface area contributed by atoms with E-state index < -0.39 is 23.5 Å². The SMILES string of the molecule is C=CCOc1cccc(C2C(C(=O)/C=C/c3ccccc3)=C(O)C(=O)N2c2nc3ccc(OC)cc3s2)c1. The molecule has 0 bridgehead atoms. The molecule has 38 heavy (non-hydrogen) atoms. The zero-order valence-corrected chi connectivity index (χ0v) is 21.4. The highest BCUT2D eigenvalue weighted by atomic mass is 32.1. The molecule has 0 fully saturated rings. The second-order valence-corrected chi connectivity index (χ2v) is 9.46. The number of carbonyl (C=O) groups excluding carboxylic acids is 2. The number of aliphatic hydroxyl groups excluding tert-OH is 1. The number of rotatable bonds is 9. The Morgan fingerprint density at radius 1 is 1.11 bits per heavy atom. The van der Waals surface area contributed by atoms with Crippen LogP contribution in [0, 0.1) is 0 Å². The van der Waals surface area contributed by atoms with Crippen molar-refractivity contribution in [1.29, 1.82) is 0 Å². The molecule has 190 valence electrons. The van der Waals surface area contributed by atoms with Gasteiger partial charge >= 0.3 is 0 Å². The minimum absolute atomic E-state index is 0.0279. The fraction of sp³-hybridized carbons (Fsp3) is 0.100. The van der Waals surface area contributed by atoms with Gasteiger partial charge in [0.05, 0.1) is 28.9 Å². The van der Waals surface area contributed by atoms with Crippen LogP contribution >= 0.6 is 11.3 Å². The van der Waals surface area contributed by atoms with Gasteiger partial charge in [0, 0.05) is 0 Å². The van der Waals surface area contributed by atoms with Crippen molar-refractivity contribution in [3.05, 3.63) is 114 Å². The number of amides is 1. The Labute approximate surface area is 223 Å². The lowest BCUT2D eigenvalue weighted by molar-refractivity contribution is -0.117. The maximum atomic E-state index is 13.5. The maximum Gasteiger partial charge on any atom is 0.296 e. The van der Waals surface area contributed by atoms with E-state index in [1.807, 2.05) is 36.4 Å². The first kappa shape index (κ1) is 25.0. The van der Waals surface area contributed by atoms with Crippen LogP contribution in [0.3, 0.4) is 0 Å². The molecule has 0 spiro atoms. The summed E-state index contributed by atoms with van der Waals surface area (Å²) < 4.78 is 11.8. The number of ketones is 1. The number of nitrogens with zero attached hydrogens (tertiary/aromatic N) is 2. The Morgan fingerprint density at radius 3 is 2.68 bits per heavy atom. The van der Waals surface area contributed by atoms with Crippen LogP contribution in [0.2, 0.25) is 0 Å². The first-order valence-electron chi connectivity index (χ1n) is 11.8. The molecule has 7 nitrogen and oxygen atoms in total. The number of methoxy groups -OCH3 is 1. The molecule has 1 N–H and O–H groups in total. The fourth-order valence-corrected chi connectivity index (χ4v) is 5.27. The van der Waals surface area contributed by atoms with E-state index >= 15 is 0 Å². The first-order valence-corrected chi connectivity index (χ1v) is 12.6. The summed E-state index contributed by atoms with van der Waals surface area (Å²) in [7, 11) is 1.58. The molecule has 0 saturated carbocycles. The molecule has 0 radical (unpaired) electrons. The maximum absolute atomic E-state index is 13.5. The van der Waals surface area contributed by atoms with Gasteiger partial charge in [0.2, 0.25) is 0 Å². The number of carbonyl (C=O) groups is 2. The summed E-state index contributed by atoms with van der Waals surface area (Å²) in [6, 6.07) is 20.9. The number of fused-ring (bicyclic) bond motifs is 1. The lowest BCUT2D eigenvalue weighted by Crippen LogP contribution is -2.30. The predicted octanol–water partition coefficient (Wildman–Crippen LogP) is 6.05. The zero-order valence-electron chi connectivity index (χ0n) is 20.5. The molecule has 0 aliphatic carbocycles. The third kappa shape index (κ3) is 4.81. The van der Waals surface area contributed by atoms with E-state index in [1.165, 1.54) is 22.3 Å². The van der Waals surface area contributed by atoms with Crippen molar-refractivity contribution in [2.24, 2.45) is 0 Å². The Hall–Kier alpha value is -4.69. The first-order chi connectivity index (χ1) is 18.5. The van der Waals surface area contributed by atoms with Crippen molar-refractivity contribution in [2.45, 2.75) is 6.04 Å². The van der Waals surface area contributed by atoms with Crippen LogP contribution in [-0.2, 0) is 9.59 Å². The van der Waals surface area contributed by atoms with Gasteiger partial charge in [-0.1, -0.05) is 72.5 Å². The van der Waals surface area contributed by atoms with Gasteiger partial charge in [-0.05, 0) is 47.5 Å². The summed E-state index contributed by atoms with van der Waals surface area (Å²) in [6.45, 7) is 3.97. The number of ether oxygens (including phenoxy) is 2. The minimum Gasteiger partial charge on any atom is -0.503 e. The quantitative estimate of drug-likeness (QED) is 0.212. The predicted molar refractivity (Wildman–Crippen MR) is 149 cm³/mol. The molecule has 3 aromatic carbocycles. The summed E-state index contributed by atoms with van der Waals surface area (Å²) in [4.78, 5) is 33.0. The third-order valence-corrected chi connectivity index (χ3v) is 7.05. The second kappa shape index (κ2) is 10.7. The summed E-state index contributed by atoms with van der Waals surface area (Å²) in [5, 5.41) is 11.4. The number of aromatic nitrogens is 1. The molecule has 0 saturated heterocycles. The molecule has 2 heterocycles. The highest BCUT2D eigenvalue weighted by Gasteiger charge is 2.45. The molecular weight excluding hydrogens is 500 g/mol. The largest absolute Gasteiger partial charge is 0.503 e. The molecule has 1 atom stereocenters. The number of aliphatic hydroxyl groups is 1. The Bertz CT molecular complexity index is 1590. The molecule has 1 unspecified atom stereocenters. The summed E-state index contributed by atoms with van der Waals surface area (Å²) in [6.07, 6.45) is 4.65. The fourth-order valence-electron chi connectivity index (χ4n) is 4.25. The molecule has 4 aromatic rings. The van der Waals surface area contributed by atoms with E-state index in [9.17, 15) is 14.7 Å². The van der Waals surface area contributed by atoms with Gasteiger partial charge in [-0.15, -0.1) is 0 Å². The van der Waals surface area contributed by atoms with E-state index in [1.54, 1.807) is 55.7 Å². The molecule has 1 aliphatic rings. The molecule has 5 rings (SSSR count). The van der Waals surface area contributed by atoms with Crippen molar-refractivity contribution in [3.8, 4) is 11.5 Å². The molecule has 1 aromatic heterocycles. The number of thiazole rings is 1. The van der Waals surface area contributed by atoms with E-state index in [0.717, 1.165) is 10.3 Å². The lowest BCUT2D eigenvalue weighted by atomic mass is 9.95. The van der Waals surface area contributed by atoms with Crippen LogP contribution in [0.4, 0.5) is 5.13 Å². The van der Waals surface area contributed by atoms with Crippen LogP contribution in [-0.4, -0.2) is 35.5 Å². The highest BCUT2D eigenvalue weighted by molar-refractivity contribution is 7.22. The Balaban J connectivity index is 1.60. The van der Waals surface area contributed by atoms with Crippen LogP contribution in [0.15, 0.2) is 103 Å². The standard InChI is InChI=1S/C30H24N2O5S/c1-3-16-37-22-11-7-10-20(17-22)27-26(24(33)15-12-19-8-5-4-6-9-19)28(34)29(35)32(27)30-31-23-14-13-21(36-2)18-25(23)38-30/h3-15,17-18,27,34H,1,16H2,2H3/b15-12+. The average molecular weight is 525 g/mol. The molecule has 8 heteroatoms. The van der Waals surface area contributed by atoms with Crippen LogP contribution in [0.5, 0.6) is 11.5 Å². The van der Waals surface area contributed by atoms with Gasteiger partial charge in [-0.25, -0.2) is 4.98 Å². The van der Waals surface area contributed by atoms with Gasteiger partial charge < -0.3 is 14.6 Å². The lowest BCUT2D eigenvalue weighted by Gasteiger charge is -2.24. The number of hydrogen-bond acceptors (Lipinski definition) is 7. The van der Waals surface area contributed by atoms with Crippen LogP contribution in [0.1, 0.15) is 17.2 Å². The molecular formula is C30H24N2O5S. The van der Waals surface area contributed by atoms with E-state index in [2.05, 4.69) is 11.6 Å². The topological polar surface area (TPSA) is 89.0 Å². The van der Waals surface area contributed by atoms with Gasteiger partial charge in [0.25, 0.3) is 5.91 Å². The molecule has 1 aliphatic heterocycles. The number of anilines is 1. The van der Waals surface area contributed by atoms with Gasteiger partial charge in [-0.3, -0.25) is 14.5 Å². The monoisotopic (exact) mass is 524 g/mol. The van der Waals surface area contributed by atoms with E-state index in [-0.39, 0.29) is 5.57 Å². The Kier molecular flexibility index (Phi) is 7.06. The minimum atomic E-state index is -0.912. The summed E-state index contributed by atoms with van der Waals surface area (Å²) in [5.74, 6) is -0.581. The van der Waals surface area contributed by atoms with Crippen molar-refractivity contribution >= 4 is 44.5 Å². The van der Waals surface area contributed by atoms with Crippen LogP contribution < -0.4 is 14.4 Å². The number of allylic oxidation sites excluding steroid dienone is 1. The third-order valence-electron chi connectivity index (χ3n) is 6.03. The smallest absolute Gasteiger partial charge is 0.296 e. The van der Waals surface area contributed by atoms with Crippen molar-refractivity contribution in [1.82, 2.24) is 4.98 Å².